The number of amides is 1. The van der Waals surface area contributed by atoms with E-state index in [4.69, 9.17) is 4.74 Å². The Balaban J connectivity index is 2.26. The lowest BCUT2D eigenvalue weighted by atomic mass is 9.94. The van der Waals surface area contributed by atoms with Crippen molar-refractivity contribution in [1.29, 1.82) is 0 Å². The highest BCUT2D eigenvalue weighted by atomic mass is 16.6. The van der Waals surface area contributed by atoms with Gasteiger partial charge in [0.2, 0.25) is 0 Å². The van der Waals surface area contributed by atoms with Gasteiger partial charge in [0.1, 0.15) is 11.4 Å². The summed E-state index contributed by atoms with van der Waals surface area (Å²) in [4.78, 5) is 38.7. The molecule has 0 unspecified atom stereocenters. The first kappa shape index (κ1) is 15.8. The highest BCUT2D eigenvalue weighted by Crippen LogP contribution is 2.31. The van der Waals surface area contributed by atoms with Crippen molar-refractivity contribution in [2.24, 2.45) is 0 Å². The predicted molar refractivity (Wildman–Crippen MR) is 74.0 cm³/mol. The maximum Gasteiger partial charge on any atom is 0.411 e. The molecular formula is C14H22N2O5. The van der Waals surface area contributed by atoms with Gasteiger partial charge in [-0.1, -0.05) is 0 Å². The summed E-state index contributed by atoms with van der Waals surface area (Å²) in [7, 11) is 0. The lowest BCUT2D eigenvalue weighted by Gasteiger charge is -2.47. The highest BCUT2D eigenvalue weighted by Gasteiger charge is 2.52. The zero-order valence-electron chi connectivity index (χ0n) is 12.9. The number of carbonyl (C=O) groups excluding carboxylic acids is 2. The average Bonchev–Trinajstić information content (AvgIpc) is 2.64. The van der Waals surface area contributed by atoms with Crippen molar-refractivity contribution in [3.63, 3.8) is 0 Å². The van der Waals surface area contributed by atoms with Crippen molar-refractivity contribution in [3.05, 3.63) is 0 Å². The molecule has 0 aliphatic carbocycles. The minimum absolute atomic E-state index is 0.0822. The number of Topliss-reactive ketones (excluding diaryl/α,β-unsaturated/α-hetero) is 1. The van der Waals surface area contributed by atoms with Gasteiger partial charge in [0, 0.05) is 25.6 Å². The molecule has 2 rings (SSSR count). The number of rotatable bonds is 1. The molecule has 0 bridgehead atoms. The maximum atomic E-state index is 12.3. The number of fused-ring (bicyclic) bond motifs is 1. The zero-order chi connectivity index (χ0) is 16.0. The van der Waals surface area contributed by atoms with E-state index in [0.717, 1.165) is 0 Å². The van der Waals surface area contributed by atoms with Crippen LogP contribution in [0.25, 0.3) is 0 Å². The molecule has 1 N–H and O–H groups in total. The molecule has 0 radical (unpaired) electrons. The number of ether oxygens (including phenoxy) is 1. The first-order chi connectivity index (χ1) is 9.53. The minimum Gasteiger partial charge on any atom is -0.479 e. The molecule has 2 aliphatic heterocycles. The first-order valence-electron chi connectivity index (χ1n) is 7.03. The van der Waals surface area contributed by atoms with E-state index in [1.807, 2.05) is 4.90 Å². The largest absolute Gasteiger partial charge is 0.479 e. The standard InChI is InChI=1S/C14H22N2O5/c1-13(2,3)21-12(20)16-6-9-5-10(17)7-15(9)8-14(16,4)11(18)19/h9H,5-8H2,1-4H3,(H,18,19)/t9-,14+/m1/s1. The van der Waals surface area contributed by atoms with Crippen LogP contribution < -0.4 is 0 Å². The molecule has 118 valence electrons. The Kier molecular flexibility index (Phi) is 3.73. The molecule has 7 heteroatoms. The zero-order valence-corrected chi connectivity index (χ0v) is 12.9. The Bertz CT molecular complexity index is 484. The van der Waals surface area contributed by atoms with E-state index in [1.54, 1.807) is 20.8 Å². The van der Waals surface area contributed by atoms with Gasteiger partial charge in [-0.15, -0.1) is 0 Å². The van der Waals surface area contributed by atoms with Gasteiger partial charge in [-0.05, 0) is 27.7 Å². The molecule has 7 nitrogen and oxygen atoms in total. The van der Waals surface area contributed by atoms with Crippen LogP contribution in [0.15, 0.2) is 0 Å². The Morgan fingerprint density at radius 3 is 2.52 bits per heavy atom. The molecule has 2 atom stereocenters. The van der Waals surface area contributed by atoms with E-state index >= 15 is 0 Å². The van der Waals surface area contributed by atoms with E-state index in [-0.39, 0.29) is 31.5 Å². The lowest BCUT2D eigenvalue weighted by Crippen LogP contribution is -2.68. The summed E-state index contributed by atoms with van der Waals surface area (Å²) in [5.74, 6) is -1.01. The normalized spacial score (nSPS) is 30.2. The second-order valence-electron chi connectivity index (χ2n) is 6.97. The van der Waals surface area contributed by atoms with Crippen LogP contribution in [0.3, 0.4) is 0 Å². The fraction of sp³-hybridized carbons (Fsp3) is 0.786. The van der Waals surface area contributed by atoms with Gasteiger partial charge in [0.15, 0.2) is 5.54 Å². The third kappa shape index (κ3) is 3.02. The monoisotopic (exact) mass is 298 g/mol. The lowest BCUT2D eigenvalue weighted by molar-refractivity contribution is -0.155. The summed E-state index contributed by atoms with van der Waals surface area (Å²) < 4.78 is 5.32. The van der Waals surface area contributed by atoms with Gasteiger partial charge in [0.05, 0.1) is 6.54 Å². The van der Waals surface area contributed by atoms with Crippen molar-refractivity contribution < 1.29 is 24.2 Å². The SMILES string of the molecule is CC(C)(C)OC(=O)N1C[C@H]2CC(=O)CN2C[C@@]1(C)C(=O)O. The first-order valence-corrected chi connectivity index (χ1v) is 7.03. The summed E-state index contributed by atoms with van der Waals surface area (Å²) >= 11 is 0. The van der Waals surface area contributed by atoms with Crippen molar-refractivity contribution in [1.82, 2.24) is 9.80 Å². The summed E-state index contributed by atoms with van der Waals surface area (Å²) in [6, 6.07) is -0.113. The number of ketones is 1. The molecule has 2 fully saturated rings. The highest BCUT2D eigenvalue weighted by molar-refractivity contribution is 5.87. The predicted octanol–water partition coefficient (Wildman–Crippen LogP) is 0.724. The third-order valence-electron chi connectivity index (χ3n) is 3.93. The Labute approximate surface area is 123 Å². The number of carboxylic acid groups (broad SMARTS) is 1. The molecule has 1 amide bonds. The molecule has 0 spiro atoms. The number of piperazine rings is 1. The topological polar surface area (TPSA) is 87.2 Å². The van der Waals surface area contributed by atoms with Gasteiger partial charge in [-0.25, -0.2) is 9.59 Å². The molecule has 0 aromatic heterocycles. The van der Waals surface area contributed by atoms with Crippen LogP contribution in [0.5, 0.6) is 0 Å². The summed E-state index contributed by atoms with van der Waals surface area (Å²) in [5, 5.41) is 9.54. The number of hydrogen-bond acceptors (Lipinski definition) is 5. The number of carbonyl (C=O) groups is 3. The molecule has 21 heavy (non-hydrogen) atoms. The number of hydrogen-bond donors (Lipinski definition) is 1. The van der Waals surface area contributed by atoms with E-state index in [1.165, 1.54) is 11.8 Å². The Morgan fingerprint density at radius 2 is 2.00 bits per heavy atom. The molecule has 0 saturated carbocycles. The van der Waals surface area contributed by atoms with Crippen LogP contribution in [0, 0.1) is 0 Å². The Hall–Kier alpha value is -1.63. The second-order valence-corrected chi connectivity index (χ2v) is 6.97. The van der Waals surface area contributed by atoms with Crippen molar-refractivity contribution in [2.45, 2.75) is 51.3 Å². The summed E-state index contributed by atoms with van der Waals surface area (Å²) in [6.07, 6.45) is -0.291. The van der Waals surface area contributed by atoms with Gasteiger partial charge in [-0.3, -0.25) is 14.6 Å². The van der Waals surface area contributed by atoms with Crippen LogP contribution in [-0.4, -0.2) is 69.6 Å². The summed E-state index contributed by atoms with van der Waals surface area (Å²) in [5.41, 5.74) is -2.08. The Morgan fingerprint density at radius 1 is 1.38 bits per heavy atom. The van der Waals surface area contributed by atoms with Crippen molar-refractivity contribution >= 4 is 17.8 Å². The van der Waals surface area contributed by atoms with Crippen LogP contribution >= 0.6 is 0 Å². The third-order valence-corrected chi connectivity index (χ3v) is 3.93. The molecule has 0 aromatic carbocycles. The van der Waals surface area contributed by atoms with E-state index < -0.39 is 23.2 Å². The fourth-order valence-corrected chi connectivity index (χ4v) is 2.85. The number of nitrogens with zero attached hydrogens (tertiary/aromatic N) is 2. The van der Waals surface area contributed by atoms with Crippen LogP contribution in [-0.2, 0) is 14.3 Å². The molecule has 2 aliphatic rings. The fourth-order valence-electron chi connectivity index (χ4n) is 2.85. The maximum absolute atomic E-state index is 12.3. The van der Waals surface area contributed by atoms with Gasteiger partial charge in [0.25, 0.3) is 0 Å². The van der Waals surface area contributed by atoms with Crippen LogP contribution in [0.1, 0.15) is 34.1 Å². The number of aliphatic carboxylic acids is 1. The van der Waals surface area contributed by atoms with E-state index in [9.17, 15) is 19.5 Å². The molecule has 2 saturated heterocycles. The quantitative estimate of drug-likeness (QED) is 0.767. The van der Waals surface area contributed by atoms with Crippen molar-refractivity contribution in [2.75, 3.05) is 19.6 Å². The second kappa shape index (κ2) is 4.98. The van der Waals surface area contributed by atoms with Crippen LogP contribution in [0.4, 0.5) is 4.79 Å². The molecule has 2 heterocycles. The summed E-state index contributed by atoms with van der Waals surface area (Å²) in [6.45, 7) is 7.30. The van der Waals surface area contributed by atoms with Gasteiger partial charge >= 0.3 is 12.1 Å². The van der Waals surface area contributed by atoms with Gasteiger partial charge in [-0.2, -0.15) is 0 Å². The number of carboxylic acids is 1. The van der Waals surface area contributed by atoms with E-state index in [2.05, 4.69) is 0 Å². The smallest absolute Gasteiger partial charge is 0.411 e. The van der Waals surface area contributed by atoms with Crippen LogP contribution in [0.2, 0.25) is 0 Å². The molecular weight excluding hydrogens is 276 g/mol. The van der Waals surface area contributed by atoms with Crippen molar-refractivity contribution in [3.8, 4) is 0 Å². The minimum atomic E-state index is -1.39. The average molecular weight is 298 g/mol. The van der Waals surface area contributed by atoms with Gasteiger partial charge < -0.3 is 9.84 Å². The molecule has 0 aromatic rings. The van der Waals surface area contributed by atoms with E-state index in [0.29, 0.717) is 6.42 Å².